The van der Waals surface area contributed by atoms with Crippen LogP contribution in [0.4, 0.5) is 0 Å². The molecule has 150 valence electrons. The second kappa shape index (κ2) is 8.29. The van der Waals surface area contributed by atoms with Gasteiger partial charge in [0.2, 0.25) is 5.91 Å². The van der Waals surface area contributed by atoms with Gasteiger partial charge in [-0.2, -0.15) is 0 Å². The van der Waals surface area contributed by atoms with Crippen LogP contribution in [0.25, 0.3) is 11.0 Å². The molecule has 4 rings (SSSR count). The third-order valence-electron chi connectivity index (χ3n) is 5.43. The summed E-state index contributed by atoms with van der Waals surface area (Å²) in [6, 6.07) is 9.47. The van der Waals surface area contributed by atoms with Crippen LogP contribution in [0, 0.1) is 13.8 Å². The zero-order chi connectivity index (χ0) is 20.4. The van der Waals surface area contributed by atoms with Crippen molar-refractivity contribution in [3.05, 3.63) is 57.5 Å². The number of aromatic nitrogens is 2. The predicted octanol–water partition coefficient (Wildman–Crippen LogP) is 3.27. The molecule has 7 heteroatoms. The first-order chi connectivity index (χ1) is 14.0. The van der Waals surface area contributed by atoms with Crippen LogP contribution in [0.2, 0.25) is 0 Å². The Balaban J connectivity index is 1.34. The largest absolute Gasteiger partial charge is 0.349 e. The summed E-state index contributed by atoms with van der Waals surface area (Å²) in [5.41, 5.74) is 3.88. The Labute approximate surface area is 174 Å². The highest BCUT2D eigenvalue weighted by Crippen LogP contribution is 2.17. The van der Waals surface area contributed by atoms with Crippen LogP contribution in [-0.4, -0.2) is 45.8 Å². The van der Waals surface area contributed by atoms with Crippen LogP contribution < -0.4 is 5.32 Å². The Morgan fingerprint density at radius 3 is 2.52 bits per heavy atom. The number of hydrogen-bond acceptors (Lipinski definition) is 5. The maximum Gasteiger partial charge on any atom is 0.251 e. The lowest BCUT2D eigenvalue weighted by molar-refractivity contribution is -0.131. The lowest BCUT2D eigenvalue weighted by Crippen LogP contribution is -2.46. The summed E-state index contributed by atoms with van der Waals surface area (Å²) in [4.78, 5) is 37.2. The Morgan fingerprint density at radius 1 is 1.10 bits per heavy atom. The average molecular weight is 409 g/mol. The number of aryl methyl sites for hydroxylation is 2. The van der Waals surface area contributed by atoms with Gasteiger partial charge in [-0.05, 0) is 56.3 Å². The number of carbonyl (C=O) groups excluding carboxylic acids is 2. The van der Waals surface area contributed by atoms with E-state index in [-0.39, 0.29) is 17.9 Å². The molecule has 6 nitrogen and oxygen atoms in total. The van der Waals surface area contributed by atoms with E-state index in [1.54, 1.807) is 23.5 Å². The average Bonchev–Trinajstić information content (AvgIpc) is 3.22. The molecule has 2 amide bonds. The summed E-state index contributed by atoms with van der Waals surface area (Å²) in [5.74, 6) is 0.0614. The monoisotopic (exact) mass is 408 g/mol. The molecule has 1 saturated heterocycles. The highest BCUT2D eigenvalue weighted by atomic mass is 32.1. The van der Waals surface area contributed by atoms with Gasteiger partial charge < -0.3 is 10.2 Å². The van der Waals surface area contributed by atoms with Crippen LogP contribution in [0.1, 0.15) is 39.5 Å². The maximum atomic E-state index is 12.7. The molecular formula is C22H24N4O2S. The van der Waals surface area contributed by atoms with Gasteiger partial charge in [0.05, 0.1) is 28.8 Å². The molecule has 1 fully saturated rings. The third-order valence-corrected chi connectivity index (χ3v) is 6.30. The van der Waals surface area contributed by atoms with Gasteiger partial charge >= 0.3 is 0 Å². The minimum atomic E-state index is -0.102. The molecule has 0 bridgehead atoms. The number of thiophene rings is 1. The van der Waals surface area contributed by atoms with E-state index in [0.717, 1.165) is 40.1 Å². The summed E-state index contributed by atoms with van der Waals surface area (Å²) < 4.78 is 0. The van der Waals surface area contributed by atoms with Crippen molar-refractivity contribution in [2.24, 2.45) is 0 Å². The van der Waals surface area contributed by atoms with Crippen molar-refractivity contribution in [2.75, 3.05) is 13.1 Å². The predicted molar refractivity (Wildman–Crippen MR) is 114 cm³/mol. The van der Waals surface area contributed by atoms with E-state index in [1.165, 1.54) is 0 Å². The molecule has 1 aromatic carbocycles. The van der Waals surface area contributed by atoms with Gasteiger partial charge in [-0.25, -0.2) is 9.97 Å². The van der Waals surface area contributed by atoms with Crippen molar-refractivity contribution < 1.29 is 9.59 Å². The van der Waals surface area contributed by atoms with Gasteiger partial charge in [-0.3, -0.25) is 9.59 Å². The highest BCUT2D eigenvalue weighted by molar-refractivity contribution is 7.10. The van der Waals surface area contributed by atoms with E-state index in [9.17, 15) is 9.59 Å². The van der Waals surface area contributed by atoms with Gasteiger partial charge in [-0.1, -0.05) is 6.07 Å². The van der Waals surface area contributed by atoms with Gasteiger partial charge in [0.25, 0.3) is 5.91 Å². The summed E-state index contributed by atoms with van der Waals surface area (Å²) in [5, 5.41) is 5.10. The number of fused-ring (bicyclic) bond motifs is 1. The Bertz CT molecular complexity index is 1040. The van der Waals surface area contributed by atoms with Gasteiger partial charge in [-0.15, -0.1) is 11.3 Å². The SMILES string of the molecule is Cc1nc2ccc(C(=O)NC3CCN(C(=O)Cc4cccs4)CC3)cc2nc1C. The molecule has 1 N–H and O–H groups in total. The number of nitrogens with one attached hydrogen (secondary N) is 1. The van der Waals surface area contributed by atoms with Crippen molar-refractivity contribution in [3.8, 4) is 0 Å². The lowest BCUT2D eigenvalue weighted by atomic mass is 10.0. The smallest absolute Gasteiger partial charge is 0.251 e. The molecule has 3 heterocycles. The maximum absolute atomic E-state index is 12.7. The van der Waals surface area contributed by atoms with E-state index in [1.807, 2.05) is 42.3 Å². The quantitative estimate of drug-likeness (QED) is 0.719. The van der Waals surface area contributed by atoms with Crippen LogP contribution in [0.5, 0.6) is 0 Å². The number of likely N-dealkylation sites (tertiary alicyclic amines) is 1. The summed E-state index contributed by atoms with van der Waals surface area (Å²) >= 11 is 1.61. The number of benzene rings is 1. The lowest BCUT2D eigenvalue weighted by Gasteiger charge is -2.32. The number of piperidine rings is 1. The van der Waals surface area contributed by atoms with Crippen LogP contribution in [0.15, 0.2) is 35.7 Å². The van der Waals surface area contributed by atoms with Gasteiger partial charge in [0.15, 0.2) is 0 Å². The zero-order valence-electron chi connectivity index (χ0n) is 16.6. The van der Waals surface area contributed by atoms with Gasteiger partial charge in [0, 0.05) is 29.6 Å². The molecular weight excluding hydrogens is 384 g/mol. The summed E-state index contributed by atoms with van der Waals surface area (Å²) in [6.07, 6.45) is 2.01. The first-order valence-electron chi connectivity index (χ1n) is 9.85. The first-order valence-corrected chi connectivity index (χ1v) is 10.7. The molecule has 29 heavy (non-hydrogen) atoms. The van der Waals surface area contributed by atoms with E-state index < -0.39 is 0 Å². The fourth-order valence-electron chi connectivity index (χ4n) is 3.59. The fourth-order valence-corrected chi connectivity index (χ4v) is 4.28. The topological polar surface area (TPSA) is 75.2 Å². The molecule has 1 aliphatic heterocycles. The van der Waals surface area contributed by atoms with Crippen molar-refractivity contribution in [1.29, 1.82) is 0 Å². The van der Waals surface area contributed by atoms with Gasteiger partial charge in [0.1, 0.15) is 0 Å². The molecule has 1 aliphatic rings. The number of amides is 2. The van der Waals surface area contributed by atoms with Crippen molar-refractivity contribution in [3.63, 3.8) is 0 Å². The third kappa shape index (κ3) is 4.45. The van der Waals surface area contributed by atoms with Crippen LogP contribution in [0.3, 0.4) is 0 Å². The molecule has 0 aliphatic carbocycles. The molecule has 3 aromatic rings. The van der Waals surface area contributed by atoms with E-state index in [4.69, 9.17) is 0 Å². The first kappa shape index (κ1) is 19.5. The molecule has 0 radical (unpaired) electrons. The van der Waals surface area contributed by atoms with E-state index in [0.29, 0.717) is 25.1 Å². The Kier molecular flexibility index (Phi) is 5.58. The fraction of sp³-hybridized carbons (Fsp3) is 0.364. The van der Waals surface area contributed by atoms with Crippen molar-refractivity contribution >= 4 is 34.2 Å². The van der Waals surface area contributed by atoms with Crippen molar-refractivity contribution in [2.45, 2.75) is 39.2 Å². The molecule has 0 atom stereocenters. The Hall–Kier alpha value is -2.80. The van der Waals surface area contributed by atoms with Crippen LogP contribution in [-0.2, 0) is 11.2 Å². The standard InChI is InChI=1S/C22H24N4O2S/c1-14-15(2)24-20-12-16(5-6-19(20)23-14)22(28)25-17-7-9-26(10-8-17)21(27)13-18-4-3-11-29-18/h3-6,11-12,17H,7-10,13H2,1-2H3,(H,25,28). The summed E-state index contributed by atoms with van der Waals surface area (Å²) in [6.45, 7) is 5.20. The molecule has 0 spiro atoms. The molecule has 2 aromatic heterocycles. The number of hydrogen-bond donors (Lipinski definition) is 1. The van der Waals surface area contributed by atoms with E-state index >= 15 is 0 Å². The highest BCUT2D eigenvalue weighted by Gasteiger charge is 2.24. The minimum Gasteiger partial charge on any atom is -0.349 e. The molecule has 0 saturated carbocycles. The zero-order valence-corrected chi connectivity index (χ0v) is 17.5. The number of rotatable bonds is 4. The molecule has 0 unspecified atom stereocenters. The second-order valence-electron chi connectivity index (χ2n) is 7.48. The van der Waals surface area contributed by atoms with E-state index in [2.05, 4.69) is 15.3 Å². The number of nitrogens with zero attached hydrogens (tertiary/aromatic N) is 3. The van der Waals surface area contributed by atoms with Crippen molar-refractivity contribution in [1.82, 2.24) is 20.2 Å². The Morgan fingerprint density at radius 2 is 1.83 bits per heavy atom. The van der Waals surface area contributed by atoms with Crippen LogP contribution >= 0.6 is 11.3 Å². The normalized spacial score (nSPS) is 14.9. The second-order valence-corrected chi connectivity index (χ2v) is 8.51. The minimum absolute atomic E-state index is 0.0785. The number of carbonyl (C=O) groups is 2. The summed E-state index contributed by atoms with van der Waals surface area (Å²) in [7, 11) is 0.